The number of pyridine rings is 1. The molecule has 1 aromatic carbocycles. The fourth-order valence-electron chi connectivity index (χ4n) is 4.34. The summed E-state index contributed by atoms with van der Waals surface area (Å²) >= 11 is 0. The second-order valence-electron chi connectivity index (χ2n) is 8.03. The number of benzene rings is 1. The number of rotatable bonds is 5. The summed E-state index contributed by atoms with van der Waals surface area (Å²) in [7, 11) is 0. The lowest BCUT2D eigenvalue weighted by molar-refractivity contribution is -0.137. The van der Waals surface area contributed by atoms with Crippen LogP contribution in [0.15, 0.2) is 36.4 Å². The predicted octanol–water partition coefficient (Wildman–Crippen LogP) is 3.16. The maximum absolute atomic E-state index is 12.8. The average molecular weight is 409 g/mol. The molecule has 7 nitrogen and oxygen atoms in total. The van der Waals surface area contributed by atoms with Crippen LogP contribution in [0, 0.1) is 0 Å². The number of aryl methyl sites for hydroxylation is 1. The molecule has 158 valence electrons. The number of aliphatic carboxylic acids is 1. The number of fused-ring (bicyclic) bond motifs is 2. The molecule has 3 N–H and O–H groups in total. The predicted molar refractivity (Wildman–Crippen MR) is 115 cm³/mol. The van der Waals surface area contributed by atoms with Gasteiger partial charge in [0.1, 0.15) is 5.82 Å². The summed E-state index contributed by atoms with van der Waals surface area (Å²) < 4.78 is 0. The third-order valence-electron chi connectivity index (χ3n) is 5.92. The van der Waals surface area contributed by atoms with Crippen molar-refractivity contribution in [1.29, 1.82) is 0 Å². The Morgan fingerprint density at radius 2 is 2.07 bits per heavy atom. The minimum Gasteiger partial charge on any atom is -0.481 e. The van der Waals surface area contributed by atoms with E-state index in [1.54, 1.807) is 4.90 Å². The largest absolute Gasteiger partial charge is 0.481 e. The van der Waals surface area contributed by atoms with Gasteiger partial charge in [-0.05, 0) is 47.9 Å². The van der Waals surface area contributed by atoms with Crippen molar-refractivity contribution in [1.82, 2.24) is 15.2 Å². The van der Waals surface area contributed by atoms with E-state index in [4.69, 9.17) is 0 Å². The summed E-state index contributed by atoms with van der Waals surface area (Å²) in [6, 6.07) is 11.9. The van der Waals surface area contributed by atoms with Gasteiger partial charge in [-0.3, -0.25) is 4.79 Å². The van der Waals surface area contributed by atoms with E-state index in [9.17, 15) is 14.7 Å². The third-order valence-corrected chi connectivity index (χ3v) is 5.92. The molecule has 0 spiro atoms. The zero-order chi connectivity index (χ0) is 20.9. The van der Waals surface area contributed by atoms with E-state index in [2.05, 4.69) is 21.7 Å². The molecule has 2 aliphatic rings. The number of carbonyl (C=O) groups is 2. The van der Waals surface area contributed by atoms with Crippen LogP contribution in [0.25, 0.3) is 0 Å². The summed E-state index contributed by atoms with van der Waals surface area (Å²) in [6.45, 7) is 2.51. The van der Waals surface area contributed by atoms with Gasteiger partial charge in [0, 0.05) is 38.3 Å². The summed E-state index contributed by atoms with van der Waals surface area (Å²) in [4.78, 5) is 30.5. The topological polar surface area (TPSA) is 94.6 Å². The summed E-state index contributed by atoms with van der Waals surface area (Å²) in [5, 5.41) is 15.6. The molecule has 2 aromatic rings. The number of amides is 2. The van der Waals surface area contributed by atoms with Gasteiger partial charge in [0.25, 0.3) is 0 Å². The van der Waals surface area contributed by atoms with Crippen molar-refractivity contribution in [2.45, 2.75) is 44.6 Å². The molecule has 0 saturated carbocycles. The molecule has 0 aliphatic carbocycles. The molecule has 0 fully saturated rings. The molecule has 4 rings (SSSR count). The van der Waals surface area contributed by atoms with Crippen LogP contribution in [0.1, 0.15) is 47.6 Å². The van der Waals surface area contributed by atoms with Crippen LogP contribution >= 0.6 is 0 Å². The van der Waals surface area contributed by atoms with Gasteiger partial charge >= 0.3 is 12.0 Å². The highest BCUT2D eigenvalue weighted by atomic mass is 16.4. The number of carboxylic acid groups (broad SMARTS) is 1. The fourth-order valence-corrected chi connectivity index (χ4v) is 4.34. The molecule has 1 atom stereocenters. The van der Waals surface area contributed by atoms with E-state index in [0.29, 0.717) is 32.5 Å². The normalized spacial score (nSPS) is 17.9. The lowest BCUT2D eigenvalue weighted by Gasteiger charge is -2.22. The summed E-state index contributed by atoms with van der Waals surface area (Å²) in [5.41, 5.74) is 4.29. The van der Waals surface area contributed by atoms with E-state index < -0.39 is 5.97 Å². The lowest BCUT2D eigenvalue weighted by Crippen LogP contribution is -2.40. The Morgan fingerprint density at radius 3 is 2.93 bits per heavy atom. The van der Waals surface area contributed by atoms with Crippen molar-refractivity contribution in [2.75, 3.05) is 25.0 Å². The molecule has 2 aliphatic heterocycles. The molecular formula is C23H28N4O3. The van der Waals surface area contributed by atoms with Gasteiger partial charge in [-0.15, -0.1) is 0 Å². The van der Waals surface area contributed by atoms with Crippen molar-refractivity contribution in [3.8, 4) is 0 Å². The first-order chi connectivity index (χ1) is 14.6. The van der Waals surface area contributed by atoms with Crippen molar-refractivity contribution in [2.24, 2.45) is 0 Å². The molecule has 2 amide bonds. The van der Waals surface area contributed by atoms with Crippen LogP contribution in [0.3, 0.4) is 0 Å². The van der Waals surface area contributed by atoms with E-state index in [0.717, 1.165) is 42.0 Å². The highest BCUT2D eigenvalue weighted by Crippen LogP contribution is 2.31. The Hall–Kier alpha value is -3.09. The minimum absolute atomic E-state index is 0.0660. The van der Waals surface area contributed by atoms with Crippen LogP contribution in [-0.2, 0) is 24.2 Å². The molecule has 7 heteroatoms. The van der Waals surface area contributed by atoms with Gasteiger partial charge in [-0.1, -0.05) is 30.3 Å². The van der Waals surface area contributed by atoms with Crippen molar-refractivity contribution < 1.29 is 14.7 Å². The molecule has 1 aromatic heterocycles. The van der Waals surface area contributed by atoms with Crippen LogP contribution in [0.4, 0.5) is 10.6 Å². The first-order valence-electron chi connectivity index (χ1n) is 10.6. The highest BCUT2D eigenvalue weighted by Gasteiger charge is 2.26. The van der Waals surface area contributed by atoms with Gasteiger partial charge in [0.2, 0.25) is 0 Å². The SMILES string of the molecule is O=C(O)CC1CCN(C(=O)NCCc2ccc3c(n2)NCCC3)Cc2ccccc21. The summed E-state index contributed by atoms with van der Waals surface area (Å²) in [5.74, 6) is 0.0992. The standard InChI is InChI=1S/C23H28N4O3/c28-21(29)14-17-10-13-27(15-18-4-1-2-6-20(17)18)23(30)25-12-9-19-8-7-16-5-3-11-24-22(16)26-19/h1-2,4,6-8,17H,3,5,9-15H2,(H,24,26)(H,25,30)(H,28,29). The lowest BCUT2D eigenvalue weighted by atomic mass is 9.90. The Balaban J connectivity index is 1.35. The van der Waals surface area contributed by atoms with Crippen LogP contribution in [-0.4, -0.2) is 46.6 Å². The maximum Gasteiger partial charge on any atom is 0.317 e. The number of hydrogen-bond acceptors (Lipinski definition) is 4. The zero-order valence-corrected chi connectivity index (χ0v) is 17.1. The van der Waals surface area contributed by atoms with Crippen LogP contribution in [0.5, 0.6) is 0 Å². The third kappa shape index (κ3) is 4.72. The van der Waals surface area contributed by atoms with Crippen molar-refractivity contribution >= 4 is 17.8 Å². The maximum atomic E-state index is 12.8. The van der Waals surface area contributed by atoms with Crippen LogP contribution in [0.2, 0.25) is 0 Å². The van der Waals surface area contributed by atoms with Gasteiger partial charge in [0.15, 0.2) is 0 Å². The molecule has 0 saturated heterocycles. The Labute approximate surface area is 176 Å². The summed E-state index contributed by atoms with van der Waals surface area (Å²) in [6.07, 6.45) is 3.61. The van der Waals surface area contributed by atoms with E-state index >= 15 is 0 Å². The number of nitrogens with zero attached hydrogens (tertiary/aromatic N) is 2. The number of nitrogens with one attached hydrogen (secondary N) is 2. The first-order valence-corrected chi connectivity index (χ1v) is 10.6. The van der Waals surface area contributed by atoms with Crippen molar-refractivity contribution in [3.63, 3.8) is 0 Å². The molecule has 1 unspecified atom stereocenters. The average Bonchev–Trinajstić information content (AvgIpc) is 2.93. The Kier molecular flexibility index (Phi) is 6.16. The Bertz CT molecular complexity index is 930. The smallest absolute Gasteiger partial charge is 0.317 e. The van der Waals surface area contributed by atoms with E-state index in [1.165, 1.54) is 5.56 Å². The number of carbonyl (C=O) groups excluding carboxylic acids is 1. The van der Waals surface area contributed by atoms with E-state index in [1.807, 2.05) is 30.3 Å². The van der Waals surface area contributed by atoms with Gasteiger partial charge in [0.05, 0.1) is 6.42 Å². The van der Waals surface area contributed by atoms with Crippen molar-refractivity contribution in [3.05, 3.63) is 58.8 Å². The first kappa shape index (κ1) is 20.2. The minimum atomic E-state index is -0.806. The number of hydrogen-bond donors (Lipinski definition) is 3. The molecule has 30 heavy (non-hydrogen) atoms. The molecular weight excluding hydrogens is 380 g/mol. The number of carboxylic acids is 1. The fraction of sp³-hybridized carbons (Fsp3) is 0.435. The second kappa shape index (κ2) is 9.15. The van der Waals surface area contributed by atoms with E-state index in [-0.39, 0.29) is 18.4 Å². The number of anilines is 1. The quantitative estimate of drug-likeness (QED) is 0.707. The second-order valence-corrected chi connectivity index (χ2v) is 8.03. The number of aromatic nitrogens is 1. The zero-order valence-electron chi connectivity index (χ0n) is 17.1. The molecule has 0 bridgehead atoms. The Morgan fingerprint density at radius 1 is 1.20 bits per heavy atom. The van der Waals surface area contributed by atoms with Crippen LogP contribution < -0.4 is 10.6 Å². The molecule has 0 radical (unpaired) electrons. The molecule has 3 heterocycles. The van der Waals surface area contributed by atoms with Gasteiger partial charge < -0.3 is 20.6 Å². The van der Waals surface area contributed by atoms with Gasteiger partial charge in [-0.2, -0.15) is 0 Å². The highest BCUT2D eigenvalue weighted by molar-refractivity contribution is 5.74. The number of urea groups is 1. The monoisotopic (exact) mass is 408 g/mol. The van der Waals surface area contributed by atoms with Gasteiger partial charge in [-0.25, -0.2) is 9.78 Å².